The first kappa shape index (κ1) is 12.5. The van der Waals surface area contributed by atoms with Crippen LogP contribution in [-0.4, -0.2) is 17.1 Å². The number of halogens is 2. The van der Waals surface area contributed by atoms with Crippen LogP contribution in [0.4, 0.5) is 8.78 Å². The molecule has 1 N–H and O–H groups in total. The second-order valence-corrected chi connectivity index (χ2v) is 4.95. The van der Waals surface area contributed by atoms with Crippen molar-refractivity contribution in [3.05, 3.63) is 35.9 Å². The Kier molecular flexibility index (Phi) is 3.77. The van der Waals surface area contributed by atoms with Gasteiger partial charge in [-0.25, -0.2) is 8.78 Å². The number of aliphatic hydroxyl groups is 1. The zero-order chi connectivity index (χ0) is 12.3. The molecule has 0 aromatic heterocycles. The Hall–Kier alpha value is -0.960. The number of aryl methyl sites for hydroxylation is 1. The average Bonchev–Trinajstić information content (AvgIpc) is 2.32. The smallest absolute Gasteiger partial charge is 0.248 e. The first-order valence-electron chi connectivity index (χ1n) is 6.17. The molecule has 1 aliphatic rings. The molecule has 94 valence electrons. The number of hydrogen-bond donors (Lipinski definition) is 1. The minimum atomic E-state index is -2.58. The molecule has 0 aliphatic heterocycles. The highest BCUT2D eigenvalue weighted by Crippen LogP contribution is 2.38. The largest absolute Gasteiger partial charge is 0.393 e. The number of aliphatic hydroxyl groups excluding tert-OH is 1. The lowest BCUT2D eigenvalue weighted by Gasteiger charge is -2.33. The van der Waals surface area contributed by atoms with Crippen LogP contribution in [0.5, 0.6) is 0 Å². The summed E-state index contributed by atoms with van der Waals surface area (Å²) in [6.07, 6.45) is 0.737. The van der Waals surface area contributed by atoms with Crippen molar-refractivity contribution in [3.8, 4) is 0 Å². The molecular weight excluding hydrogens is 222 g/mol. The second-order valence-electron chi connectivity index (χ2n) is 4.95. The van der Waals surface area contributed by atoms with E-state index in [4.69, 9.17) is 0 Å². The van der Waals surface area contributed by atoms with Gasteiger partial charge in [-0.2, -0.15) is 0 Å². The van der Waals surface area contributed by atoms with E-state index in [1.807, 2.05) is 30.3 Å². The number of alkyl halides is 2. The maximum Gasteiger partial charge on any atom is 0.248 e. The fourth-order valence-electron chi connectivity index (χ4n) is 2.51. The van der Waals surface area contributed by atoms with E-state index in [1.165, 1.54) is 0 Å². The van der Waals surface area contributed by atoms with Crippen LogP contribution in [0.2, 0.25) is 0 Å². The van der Waals surface area contributed by atoms with Crippen LogP contribution in [0, 0.1) is 5.92 Å². The summed E-state index contributed by atoms with van der Waals surface area (Å²) in [4.78, 5) is 0. The van der Waals surface area contributed by atoms with Crippen LogP contribution in [0.15, 0.2) is 30.3 Å². The van der Waals surface area contributed by atoms with Crippen LogP contribution in [0.25, 0.3) is 0 Å². The van der Waals surface area contributed by atoms with Gasteiger partial charge in [-0.1, -0.05) is 30.3 Å². The van der Waals surface area contributed by atoms with Crippen LogP contribution in [0.1, 0.15) is 31.2 Å². The zero-order valence-corrected chi connectivity index (χ0v) is 9.78. The van der Waals surface area contributed by atoms with Gasteiger partial charge < -0.3 is 5.11 Å². The Labute approximate surface area is 100 Å². The third-order valence-corrected chi connectivity index (χ3v) is 3.56. The lowest BCUT2D eigenvalue weighted by Crippen LogP contribution is -2.35. The molecule has 1 aromatic carbocycles. The SMILES string of the molecule is OC1CCC(F)(F)CC1CCc1ccccc1. The highest BCUT2D eigenvalue weighted by atomic mass is 19.3. The summed E-state index contributed by atoms with van der Waals surface area (Å²) in [6.45, 7) is 0. The molecule has 0 heterocycles. The third-order valence-electron chi connectivity index (χ3n) is 3.56. The van der Waals surface area contributed by atoms with Gasteiger partial charge in [-0.05, 0) is 30.7 Å². The summed E-state index contributed by atoms with van der Waals surface area (Å²) >= 11 is 0. The van der Waals surface area contributed by atoms with Crippen molar-refractivity contribution in [2.75, 3.05) is 0 Å². The Morgan fingerprint density at radius 3 is 2.65 bits per heavy atom. The maximum atomic E-state index is 13.2. The topological polar surface area (TPSA) is 20.2 Å². The van der Waals surface area contributed by atoms with Gasteiger partial charge in [0.1, 0.15) is 0 Å². The van der Waals surface area contributed by atoms with E-state index >= 15 is 0 Å². The fraction of sp³-hybridized carbons (Fsp3) is 0.571. The molecule has 2 atom stereocenters. The van der Waals surface area contributed by atoms with Gasteiger partial charge in [-0.15, -0.1) is 0 Å². The minimum absolute atomic E-state index is 0.166. The lowest BCUT2D eigenvalue weighted by molar-refractivity contribution is -0.0930. The highest BCUT2D eigenvalue weighted by molar-refractivity contribution is 5.14. The van der Waals surface area contributed by atoms with Gasteiger partial charge in [0, 0.05) is 12.8 Å². The second kappa shape index (κ2) is 5.13. The molecule has 1 fully saturated rings. The summed E-state index contributed by atoms with van der Waals surface area (Å²) in [6, 6.07) is 9.82. The van der Waals surface area contributed by atoms with E-state index in [9.17, 15) is 13.9 Å². The Morgan fingerprint density at radius 2 is 1.94 bits per heavy atom. The number of benzene rings is 1. The third kappa shape index (κ3) is 3.50. The van der Waals surface area contributed by atoms with Gasteiger partial charge >= 0.3 is 0 Å². The van der Waals surface area contributed by atoms with Crippen LogP contribution < -0.4 is 0 Å². The van der Waals surface area contributed by atoms with Crippen molar-refractivity contribution in [2.45, 2.75) is 44.1 Å². The molecule has 1 nitrogen and oxygen atoms in total. The Bertz CT molecular complexity index is 350. The summed E-state index contributed by atoms with van der Waals surface area (Å²) in [5, 5.41) is 9.75. The molecule has 1 aromatic rings. The highest BCUT2D eigenvalue weighted by Gasteiger charge is 2.40. The van der Waals surface area contributed by atoms with Crippen LogP contribution in [0.3, 0.4) is 0 Å². The van der Waals surface area contributed by atoms with E-state index in [1.54, 1.807) is 0 Å². The van der Waals surface area contributed by atoms with Crippen LogP contribution in [-0.2, 0) is 6.42 Å². The summed E-state index contributed by atoms with van der Waals surface area (Å²) in [7, 11) is 0. The molecule has 17 heavy (non-hydrogen) atoms. The van der Waals surface area contributed by atoms with Gasteiger partial charge in [0.15, 0.2) is 0 Å². The Balaban J connectivity index is 1.89. The van der Waals surface area contributed by atoms with Gasteiger partial charge in [0.05, 0.1) is 6.10 Å². The summed E-state index contributed by atoms with van der Waals surface area (Å²) < 4.78 is 26.5. The lowest BCUT2D eigenvalue weighted by atomic mass is 9.81. The van der Waals surface area contributed by atoms with Crippen molar-refractivity contribution in [1.82, 2.24) is 0 Å². The molecule has 0 amide bonds. The standard InChI is InChI=1S/C14H18F2O/c15-14(16)9-8-13(17)12(10-14)7-6-11-4-2-1-3-5-11/h1-5,12-13,17H,6-10H2. The summed E-state index contributed by atoms with van der Waals surface area (Å²) in [5.41, 5.74) is 1.15. The zero-order valence-electron chi connectivity index (χ0n) is 9.78. The molecule has 1 aliphatic carbocycles. The van der Waals surface area contributed by atoms with E-state index in [0.29, 0.717) is 6.42 Å². The first-order valence-corrected chi connectivity index (χ1v) is 6.17. The normalized spacial score (nSPS) is 27.9. The maximum absolute atomic E-state index is 13.2. The minimum Gasteiger partial charge on any atom is -0.393 e. The molecule has 1 saturated carbocycles. The first-order chi connectivity index (χ1) is 8.07. The monoisotopic (exact) mass is 240 g/mol. The van der Waals surface area contributed by atoms with E-state index in [2.05, 4.69) is 0 Å². The fourth-order valence-corrected chi connectivity index (χ4v) is 2.51. The Morgan fingerprint density at radius 1 is 1.24 bits per heavy atom. The van der Waals surface area contributed by atoms with E-state index in [0.717, 1.165) is 12.0 Å². The molecule has 2 unspecified atom stereocenters. The number of rotatable bonds is 3. The molecular formula is C14H18F2O. The molecule has 0 bridgehead atoms. The van der Waals surface area contributed by atoms with Crippen molar-refractivity contribution < 1.29 is 13.9 Å². The van der Waals surface area contributed by atoms with E-state index < -0.39 is 12.0 Å². The van der Waals surface area contributed by atoms with Crippen molar-refractivity contribution in [2.24, 2.45) is 5.92 Å². The van der Waals surface area contributed by atoms with Crippen molar-refractivity contribution in [3.63, 3.8) is 0 Å². The van der Waals surface area contributed by atoms with Gasteiger partial charge in [-0.3, -0.25) is 0 Å². The van der Waals surface area contributed by atoms with Crippen molar-refractivity contribution >= 4 is 0 Å². The summed E-state index contributed by atoms with van der Waals surface area (Å²) in [5.74, 6) is -2.85. The molecule has 0 spiro atoms. The van der Waals surface area contributed by atoms with Crippen molar-refractivity contribution in [1.29, 1.82) is 0 Å². The predicted molar refractivity (Wildman–Crippen MR) is 63.1 cm³/mol. The predicted octanol–water partition coefficient (Wildman–Crippen LogP) is 3.42. The molecule has 0 radical (unpaired) electrons. The quantitative estimate of drug-likeness (QED) is 0.858. The molecule has 0 saturated heterocycles. The van der Waals surface area contributed by atoms with Gasteiger partial charge in [0.25, 0.3) is 0 Å². The molecule has 2 rings (SSSR count). The molecule has 3 heteroatoms. The average molecular weight is 240 g/mol. The van der Waals surface area contributed by atoms with Crippen LogP contribution >= 0.6 is 0 Å². The van der Waals surface area contributed by atoms with Gasteiger partial charge in [0.2, 0.25) is 5.92 Å². The van der Waals surface area contributed by atoms with E-state index in [-0.39, 0.29) is 25.2 Å². The number of hydrogen-bond acceptors (Lipinski definition) is 1.